The van der Waals surface area contributed by atoms with Gasteiger partial charge < -0.3 is 9.52 Å². The first kappa shape index (κ1) is 14.1. The third kappa shape index (κ3) is 3.58. The van der Waals surface area contributed by atoms with Gasteiger partial charge in [-0.3, -0.25) is 0 Å². The summed E-state index contributed by atoms with van der Waals surface area (Å²) in [5.41, 5.74) is 3.34. The molecule has 1 aromatic heterocycles. The highest BCUT2D eigenvalue weighted by Crippen LogP contribution is 2.33. The van der Waals surface area contributed by atoms with Gasteiger partial charge in [0.05, 0.1) is 6.26 Å². The molecule has 0 fully saturated rings. The molecule has 0 spiro atoms. The fourth-order valence-corrected chi connectivity index (χ4v) is 3.57. The Morgan fingerprint density at radius 3 is 2.32 bits per heavy atom. The van der Waals surface area contributed by atoms with Gasteiger partial charge in [-0.25, -0.2) is 0 Å². The van der Waals surface area contributed by atoms with Crippen molar-refractivity contribution in [3.63, 3.8) is 0 Å². The number of hydrogen-bond donors (Lipinski definition) is 1. The van der Waals surface area contributed by atoms with Gasteiger partial charge in [-0.15, -0.1) is 0 Å². The third-order valence-electron chi connectivity index (χ3n) is 3.17. The summed E-state index contributed by atoms with van der Waals surface area (Å²) in [5, 5.41) is 10.4. The van der Waals surface area contributed by atoms with Crippen LogP contribution in [0, 0.1) is 6.92 Å². The first-order valence-corrected chi connectivity index (χ1v) is 10.4. The molecule has 0 saturated heterocycles. The second kappa shape index (κ2) is 5.35. The van der Waals surface area contributed by atoms with Gasteiger partial charge in [0.15, 0.2) is 0 Å². The summed E-state index contributed by atoms with van der Waals surface area (Å²) in [6.45, 7) is 8.83. The number of aryl methyl sites for hydroxylation is 1. The lowest BCUT2D eigenvalue weighted by Crippen LogP contribution is -2.22. The van der Waals surface area contributed by atoms with Crippen molar-refractivity contribution >= 4 is 8.07 Å². The van der Waals surface area contributed by atoms with Gasteiger partial charge in [0.2, 0.25) is 0 Å². The normalized spacial score (nSPS) is 13.5. The van der Waals surface area contributed by atoms with E-state index in [0.717, 1.165) is 17.2 Å². The summed E-state index contributed by atoms with van der Waals surface area (Å²) in [7, 11) is -1.32. The summed E-state index contributed by atoms with van der Waals surface area (Å²) in [6.07, 6.45) is 1.16. The topological polar surface area (TPSA) is 33.4 Å². The highest BCUT2D eigenvalue weighted by Gasteiger charge is 2.24. The van der Waals surface area contributed by atoms with Crippen molar-refractivity contribution in [2.45, 2.75) is 38.7 Å². The van der Waals surface area contributed by atoms with E-state index in [2.05, 4.69) is 50.8 Å². The van der Waals surface area contributed by atoms with Crippen molar-refractivity contribution in [1.82, 2.24) is 0 Å². The fraction of sp³-hybridized carbons (Fsp3) is 0.375. The zero-order valence-corrected chi connectivity index (χ0v) is 13.1. The van der Waals surface area contributed by atoms with Gasteiger partial charge in [-0.05, 0) is 24.6 Å². The predicted octanol–water partition coefficient (Wildman–Crippen LogP) is 4.63. The number of rotatable bonds is 4. The Labute approximate surface area is 116 Å². The molecule has 0 bridgehead atoms. The molecule has 2 aromatic rings. The molecule has 1 N–H and O–H groups in total. The van der Waals surface area contributed by atoms with E-state index in [1.165, 1.54) is 5.56 Å². The van der Waals surface area contributed by atoms with Gasteiger partial charge in [0.25, 0.3) is 0 Å². The SMILES string of the molecule is Cc1ccc(-c2ccoc2[C@H](O)C[Si](C)(C)C)cc1. The van der Waals surface area contributed by atoms with E-state index in [0.29, 0.717) is 5.76 Å². The molecule has 0 unspecified atom stereocenters. The van der Waals surface area contributed by atoms with Crippen LogP contribution in [-0.4, -0.2) is 13.2 Å². The summed E-state index contributed by atoms with van der Waals surface area (Å²) in [4.78, 5) is 0. The minimum Gasteiger partial charge on any atom is -0.466 e. The first-order valence-electron chi connectivity index (χ1n) is 6.69. The van der Waals surface area contributed by atoms with E-state index < -0.39 is 14.2 Å². The largest absolute Gasteiger partial charge is 0.466 e. The number of benzene rings is 1. The Balaban J connectivity index is 2.29. The molecular formula is C16H22O2Si. The summed E-state index contributed by atoms with van der Waals surface area (Å²) in [5.74, 6) is 0.700. The van der Waals surface area contributed by atoms with E-state index in [9.17, 15) is 5.11 Å². The Hall–Kier alpha value is -1.32. The molecule has 0 aliphatic carbocycles. The van der Waals surface area contributed by atoms with E-state index in [1.54, 1.807) is 6.26 Å². The van der Waals surface area contributed by atoms with Crippen LogP contribution in [0.1, 0.15) is 17.4 Å². The molecule has 102 valence electrons. The quantitative estimate of drug-likeness (QED) is 0.825. The molecule has 1 aromatic carbocycles. The Kier molecular flexibility index (Phi) is 3.97. The highest BCUT2D eigenvalue weighted by atomic mass is 28.3. The van der Waals surface area contributed by atoms with E-state index in [4.69, 9.17) is 4.42 Å². The Bertz CT molecular complexity index is 535. The molecule has 2 rings (SSSR count). The second-order valence-corrected chi connectivity index (χ2v) is 11.9. The van der Waals surface area contributed by atoms with Crippen molar-refractivity contribution in [3.8, 4) is 11.1 Å². The van der Waals surface area contributed by atoms with Gasteiger partial charge >= 0.3 is 0 Å². The third-order valence-corrected chi connectivity index (χ3v) is 4.78. The van der Waals surface area contributed by atoms with E-state index in [1.807, 2.05) is 6.07 Å². The molecule has 1 atom stereocenters. The van der Waals surface area contributed by atoms with E-state index >= 15 is 0 Å². The molecule has 0 radical (unpaired) electrons. The molecule has 0 aliphatic heterocycles. The second-order valence-electron chi connectivity index (χ2n) is 6.35. The standard InChI is InChI=1S/C16H22O2Si/c1-12-5-7-13(8-6-12)14-9-10-18-16(14)15(17)11-19(2,3)4/h5-10,15,17H,11H2,1-4H3/t15-/m1/s1. The summed E-state index contributed by atoms with van der Waals surface area (Å²) < 4.78 is 5.53. The van der Waals surface area contributed by atoms with Crippen molar-refractivity contribution in [3.05, 3.63) is 47.9 Å². The number of hydrogen-bond acceptors (Lipinski definition) is 2. The van der Waals surface area contributed by atoms with Crippen LogP contribution in [0.15, 0.2) is 41.0 Å². The maximum atomic E-state index is 10.4. The van der Waals surface area contributed by atoms with Gasteiger partial charge in [0.1, 0.15) is 11.9 Å². The molecule has 0 amide bonds. The number of furan rings is 1. The highest BCUT2D eigenvalue weighted by molar-refractivity contribution is 6.76. The lowest BCUT2D eigenvalue weighted by molar-refractivity contribution is 0.168. The van der Waals surface area contributed by atoms with Gasteiger partial charge in [-0.1, -0.05) is 49.5 Å². The van der Waals surface area contributed by atoms with Crippen molar-refractivity contribution < 1.29 is 9.52 Å². The predicted molar refractivity (Wildman–Crippen MR) is 82.0 cm³/mol. The van der Waals surface area contributed by atoms with Crippen LogP contribution < -0.4 is 0 Å². The lowest BCUT2D eigenvalue weighted by atomic mass is 10.0. The average Bonchev–Trinajstić information content (AvgIpc) is 2.76. The van der Waals surface area contributed by atoms with Gasteiger partial charge in [0, 0.05) is 13.6 Å². The Morgan fingerprint density at radius 2 is 1.74 bits per heavy atom. The van der Waals surface area contributed by atoms with Crippen molar-refractivity contribution in [2.24, 2.45) is 0 Å². The summed E-state index contributed by atoms with van der Waals surface area (Å²) >= 11 is 0. The van der Waals surface area contributed by atoms with Crippen LogP contribution in [-0.2, 0) is 0 Å². The molecule has 3 heteroatoms. The maximum absolute atomic E-state index is 10.4. The van der Waals surface area contributed by atoms with Crippen LogP contribution in [0.3, 0.4) is 0 Å². The van der Waals surface area contributed by atoms with Crippen LogP contribution >= 0.6 is 0 Å². The first-order chi connectivity index (χ1) is 8.87. The smallest absolute Gasteiger partial charge is 0.139 e. The monoisotopic (exact) mass is 274 g/mol. The lowest BCUT2D eigenvalue weighted by Gasteiger charge is -2.20. The molecule has 19 heavy (non-hydrogen) atoms. The van der Waals surface area contributed by atoms with Gasteiger partial charge in [-0.2, -0.15) is 0 Å². The minimum absolute atomic E-state index is 0.502. The zero-order valence-electron chi connectivity index (χ0n) is 12.1. The molecular weight excluding hydrogens is 252 g/mol. The fourth-order valence-electron chi connectivity index (χ4n) is 2.22. The number of aliphatic hydroxyl groups excluding tert-OH is 1. The van der Waals surface area contributed by atoms with Crippen LogP contribution in [0.25, 0.3) is 11.1 Å². The van der Waals surface area contributed by atoms with E-state index in [-0.39, 0.29) is 0 Å². The molecule has 0 aliphatic rings. The number of aliphatic hydroxyl groups is 1. The maximum Gasteiger partial charge on any atom is 0.139 e. The molecule has 2 nitrogen and oxygen atoms in total. The van der Waals surface area contributed by atoms with Crippen molar-refractivity contribution in [1.29, 1.82) is 0 Å². The zero-order chi connectivity index (χ0) is 14.0. The van der Waals surface area contributed by atoms with Crippen molar-refractivity contribution in [2.75, 3.05) is 0 Å². The van der Waals surface area contributed by atoms with Crippen LogP contribution in [0.2, 0.25) is 25.7 Å². The van der Waals surface area contributed by atoms with Crippen LogP contribution in [0.5, 0.6) is 0 Å². The summed E-state index contributed by atoms with van der Waals surface area (Å²) in [6, 6.07) is 11.1. The molecule has 1 heterocycles. The minimum atomic E-state index is -1.32. The Morgan fingerprint density at radius 1 is 1.11 bits per heavy atom. The average molecular weight is 274 g/mol. The van der Waals surface area contributed by atoms with Crippen LogP contribution in [0.4, 0.5) is 0 Å². The molecule has 0 saturated carbocycles.